The number of para-hydroxylation sites is 1. The molecule has 15 heteroatoms. The molecule has 58 heavy (non-hydrogen) atoms. The van der Waals surface area contributed by atoms with Crippen LogP contribution in [0.3, 0.4) is 0 Å². The first kappa shape index (κ1) is 39.2. The highest BCUT2D eigenvalue weighted by molar-refractivity contribution is 7.13. The minimum atomic E-state index is -0.725. The highest BCUT2D eigenvalue weighted by atomic mass is 32.1. The van der Waals surface area contributed by atoms with Gasteiger partial charge in [-0.05, 0) is 66.7 Å². The molecule has 2 saturated heterocycles. The van der Waals surface area contributed by atoms with Crippen molar-refractivity contribution in [2.24, 2.45) is 5.92 Å². The Kier molecular flexibility index (Phi) is 11.3. The van der Waals surface area contributed by atoms with Crippen molar-refractivity contribution in [3.05, 3.63) is 95.0 Å². The van der Waals surface area contributed by atoms with E-state index in [1.807, 2.05) is 81.7 Å². The molecule has 14 nitrogen and oxygen atoms in total. The summed E-state index contributed by atoms with van der Waals surface area (Å²) in [5.74, 6) is -0.0160. The number of nitrogens with zero attached hydrogens (tertiary/aromatic N) is 6. The number of rotatable bonds is 14. The maximum absolute atomic E-state index is 14.1. The lowest BCUT2D eigenvalue weighted by molar-refractivity contribution is -0.136. The number of carbonyl (C=O) groups excluding carboxylic acids is 2. The number of hydrogen-bond donors (Lipinski definition) is 4. The van der Waals surface area contributed by atoms with Crippen LogP contribution in [0.4, 0.5) is 0 Å². The van der Waals surface area contributed by atoms with Crippen LogP contribution in [0.1, 0.15) is 74.2 Å². The lowest BCUT2D eigenvalue weighted by atomic mass is 9.91. The van der Waals surface area contributed by atoms with Gasteiger partial charge >= 0.3 is 0 Å². The first-order valence-corrected chi connectivity index (χ1v) is 20.6. The fraction of sp³-hybridized carbons (Fsp3) is 0.395. The normalized spacial score (nSPS) is 18.4. The second-order valence-corrected chi connectivity index (χ2v) is 16.6. The average Bonchev–Trinajstić information content (AvgIpc) is 3.99. The number of carbonyl (C=O) groups is 2. The monoisotopic (exact) mass is 804 g/mol. The van der Waals surface area contributed by atoms with Gasteiger partial charge in [0, 0.05) is 61.9 Å². The highest BCUT2D eigenvalue weighted by Crippen LogP contribution is 2.35. The number of aryl methyl sites for hydroxylation is 1. The molecule has 2 aliphatic heterocycles. The van der Waals surface area contributed by atoms with Crippen LogP contribution in [0.15, 0.2) is 76.8 Å². The largest absolute Gasteiger partial charge is 0.507 e. The predicted molar refractivity (Wildman–Crippen MR) is 219 cm³/mol. The molecule has 6 heterocycles. The van der Waals surface area contributed by atoms with Gasteiger partial charge in [-0.15, -0.1) is 21.5 Å². The molecular formula is C43H48N8O6S. The quantitative estimate of drug-likeness (QED) is 0.0984. The minimum absolute atomic E-state index is 0.0766. The molecule has 2 fully saturated rings. The Bertz CT molecular complexity index is 2390. The molecule has 2 aliphatic rings. The van der Waals surface area contributed by atoms with Crippen molar-refractivity contribution in [2.45, 2.75) is 70.6 Å². The number of aromatic nitrogens is 5. The number of likely N-dealkylation sites (tertiary alicyclic amines) is 2. The Hall–Kier alpha value is -5.64. The molecule has 2 aromatic carbocycles. The molecule has 0 saturated carbocycles. The summed E-state index contributed by atoms with van der Waals surface area (Å²) in [6.45, 7) is 10.7. The third-order valence-corrected chi connectivity index (χ3v) is 12.2. The van der Waals surface area contributed by atoms with E-state index in [1.165, 1.54) is 0 Å². The molecule has 2 amide bonds. The third-order valence-electron chi connectivity index (χ3n) is 11.3. The van der Waals surface area contributed by atoms with Gasteiger partial charge in [0.15, 0.2) is 5.76 Å². The number of nitrogens with one attached hydrogen (secondary N) is 2. The number of amides is 2. The number of benzene rings is 2. The van der Waals surface area contributed by atoms with Crippen LogP contribution in [-0.4, -0.2) is 102 Å². The molecule has 4 aromatic heterocycles. The Balaban J connectivity index is 0.821. The molecule has 0 radical (unpaired) electrons. The number of aliphatic hydroxyl groups excluding tert-OH is 1. The lowest BCUT2D eigenvalue weighted by Gasteiger charge is -2.38. The van der Waals surface area contributed by atoms with Gasteiger partial charge in [0.25, 0.3) is 5.88 Å². The second kappa shape index (κ2) is 16.7. The SMILES string of the molecule is Cc1ncsc1-c1ccc([C@H](C)NC(=O)C[C@@H]2C[C@@H](O)CN2C(=O)[C@@H](c2cc(OCCN3CC(c4cc5nnc(-c6ccccc6O)cc5[nH]4)C3)no2)C(C)C)cc1. The molecule has 6 aromatic rings. The number of hydrogen-bond acceptors (Lipinski definition) is 12. The van der Waals surface area contributed by atoms with Crippen LogP contribution in [0.5, 0.6) is 11.6 Å². The predicted octanol–water partition coefficient (Wildman–Crippen LogP) is 6.20. The van der Waals surface area contributed by atoms with Crippen molar-refractivity contribution in [3.8, 4) is 33.3 Å². The number of β-amino-alcohol motifs (C(OH)–C–C–N with tert-alkyl or cyclic N) is 1. The minimum Gasteiger partial charge on any atom is -0.507 e. The molecule has 0 bridgehead atoms. The molecule has 4 N–H and O–H groups in total. The van der Waals surface area contributed by atoms with E-state index in [-0.39, 0.29) is 42.5 Å². The number of H-pyrrole nitrogens is 1. The van der Waals surface area contributed by atoms with E-state index in [4.69, 9.17) is 9.26 Å². The van der Waals surface area contributed by atoms with Gasteiger partial charge in [-0.2, -0.15) is 0 Å². The summed E-state index contributed by atoms with van der Waals surface area (Å²) in [4.78, 5) is 40.3. The van der Waals surface area contributed by atoms with E-state index in [9.17, 15) is 19.8 Å². The fourth-order valence-electron chi connectivity index (χ4n) is 8.07. The highest BCUT2D eigenvalue weighted by Gasteiger charge is 2.41. The van der Waals surface area contributed by atoms with Crippen molar-refractivity contribution in [2.75, 3.05) is 32.8 Å². The van der Waals surface area contributed by atoms with Gasteiger partial charge < -0.3 is 34.7 Å². The number of ether oxygens (including phenoxy) is 1. The maximum Gasteiger partial charge on any atom is 0.254 e. The van der Waals surface area contributed by atoms with E-state index in [2.05, 4.69) is 35.5 Å². The lowest BCUT2D eigenvalue weighted by Crippen LogP contribution is -2.46. The molecule has 0 spiro atoms. The zero-order chi connectivity index (χ0) is 40.5. The smallest absolute Gasteiger partial charge is 0.254 e. The van der Waals surface area contributed by atoms with Crippen LogP contribution < -0.4 is 10.1 Å². The summed E-state index contributed by atoms with van der Waals surface area (Å²) in [7, 11) is 0. The summed E-state index contributed by atoms with van der Waals surface area (Å²) in [6, 6.07) is 20.1. The summed E-state index contributed by atoms with van der Waals surface area (Å²) in [5, 5.41) is 36.8. The van der Waals surface area contributed by atoms with Crippen LogP contribution in [0, 0.1) is 12.8 Å². The average molecular weight is 805 g/mol. The Labute approximate surface area is 340 Å². The van der Waals surface area contributed by atoms with Gasteiger partial charge in [0.05, 0.1) is 39.4 Å². The number of aliphatic hydroxyl groups is 1. The van der Waals surface area contributed by atoms with Crippen molar-refractivity contribution in [1.82, 2.24) is 40.4 Å². The summed E-state index contributed by atoms with van der Waals surface area (Å²) < 4.78 is 11.7. The maximum atomic E-state index is 14.1. The van der Waals surface area contributed by atoms with E-state index in [0.717, 1.165) is 51.5 Å². The number of aromatic hydroxyl groups is 1. The van der Waals surface area contributed by atoms with Gasteiger partial charge in [-0.25, -0.2) is 4.98 Å². The fourth-order valence-corrected chi connectivity index (χ4v) is 8.88. The Morgan fingerprint density at radius 2 is 1.84 bits per heavy atom. The number of fused-ring (bicyclic) bond motifs is 1. The van der Waals surface area contributed by atoms with Crippen LogP contribution in [0.2, 0.25) is 0 Å². The Morgan fingerprint density at radius 3 is 2.59 bits per heavy atom. The molecule has 302 valence electrons. The molecular weight excluding hydrogens is 757 g/mol. The summed E-state index contributed by atoms with van der Waals surface area (Å²) in [5.41, 5.74) is 8.87. The van der Waals surface area contributed by atoms with E-state index in [0.29, 0.717) is 48.4 Å². The van der Waals surface area contributed by atoms with Gasteiger partial charge in [-0.1, -0.05) is 50.2 Å². The van der Waals surface area contributed by atoms with Crippen molar-refractivity contribution in [3.63, 3.8) is 0 Å². The van der Waals surface area contributed by atoms with Crippen molar-refractivity contribution < 1.29 is 29.1 Å². The topological polar surface area (TPSA) is 183 Å². The van der Waals surface area contributed by atoms with Crippen LogP contribution in [0.25, 0.3) is 32.7 Å². The number of phenols is 1. The van der Waals surface area contributed by atoms with Crippen molar-refractivity contribution in [1.29, 1.82) is 0 Å². The second-order valence-electron chi connectivity index (χ2n) is 15.8. The third kappa shape index (κ3) is 8.33. The number of aromatic amines is 1. The standard InChI is InChI=1S/C43H48N8O6S/c1-24(2)41(43(55)51-22-31(52)15-30(51)16-39(54)45-25(3)27-9-11-28(12-10-27)42-26(4)44-23-58-42)38-19-40(49-57-38)56-14-13-50-20-29(21-50)33-17-36-35(46-33)18-34(47-48-36)32-7-5-6-8-37(32)53/h5-12,17-19,23-25,29-31,41,46,52-53H,13-16,20-22H2,1-4H3,(H,45,54)/t25-,30-,31+,41+/m0/s1. The first-order chi connectivity index (χ1) is 28.0. The summed E-state index contributed by atoms with van der Waals surface area (Å²) in [6.07, 6.45) is -0.331. The zero-order valence-corrected chi connectivity index (χ0v) is 33.8. The Morgan fingerprint density at radius 1 is 1.05 bits per heavy atom. The molecule has 4 atom stereocenters. The zero-order valence-electron chi connectivity index (χ0n) is 33.0. The van der Waals surface area contributed by atoms with E-state index < -0.39 is 18.1 Å². The molecule has 0 unspecified atom stereocenters. The number of thiazole rings is 1. The van der Waals surface area contributed by atoms with Crippen molar-refractivity contribution >= 4 is 34.2 Å². The number of phenolic OH excluding ortho intramolecular Hbond substituents is 1. The van der Waals surface area contributed by atoms with E-state index >= 15 is 0 Å². The van der Waals surface area contributed by atoms with Gasteiger partial charge in [0.2, 0.25) is 11.8 Å². The first-order valence-electron chi connectivity index (χ1n) is 19.8. The van der Waals surface area contributed by atoms with Crippen LogP contribution in [-0.2, 0) is 9.59 Å². The molecule has 0 aliphatic carbocycles. The molecule has 8 rings (SSSR count). The van der Waals surface area contributed by atoms with Gasteiger partial charge in [0.1, 0.15) is 23.8 Å². The van der Waals surface area contributed by atoms with Gasteiger partial charge in [-0.3, -0.25) is 14.5 Å². The van der Waals surface area contributed by atoms with E-state index in [1.54, 1.807) is 34.4 Å². The summed E-state index contributed by atoms with van der Waals surface area (Å²) >= 11 is 1.60. The van der Waals surface area contributed by atoms with Crippen LogP contribution >= 0.6 is 11.3 Å².